The zero-order valence-electron chi connectivity index (χ0n) is 24.7. The number of hydrogen-bond donors (Lipinski definition) is 1. The molecule has 8 heteroatoms. The predicted molar refractivity (Wildman–Crippen MR) is 156 cm³/mol. The largest absolute Gasteiger partial charge is 0.465 e. The highest BCUT2D eigenvalue weighted by molar-refractivity contribution is 6.08. The molecule has 0 saturated carbocycles. The van der Waals surface area contributed by atoms with Gasteiger partial charge in [-0.15, -0.1) is 0 Å². The summed E-state index contributed by atoms with van der Waals surface area (Å²) in [5.74, 6) is -2.97. The van der Waals surface area contributed by atoms with Crippen molar-refractivity contribution in [3.05, 3.63) is 87.7 Å². The fourth-order valence-corrected chi connectivity index (χ4v) is 4.57. The molecule has 2 atom stereocenters. The van der Waals surface area contributed by atoms with Crippen molar-refractivity contribution in [2.24, 2.45) is 0 Å². The van der Waals surface area contributed by atoms with E-state index in [0.717, 1.165) is 28.3 Å². The number of aliphatic hydroxyl groups is 1. The van der Waals surface area contributed by atoms with Crippen LogP contribution in [0.25, 0.3) is 10.8 Å². The molecule has 0 unspecified atom stereocenters. The fourth-order valence-electron chi connectivity index (χ4n) is 4.57. The first-order chi connectivity index (χ1) is 19.5. The number of hydrogen-bond acceptors (Lipinski definition) is 8. The quantitative estimate of drug-likeness (QED) is 0.130. The van der Waals surface area contributed by atoms with Crippen LogP contribution in [0, 0.1) is 27.7 Å². The zero-order valence-corrected chi connectivity index (χ0v) is 24.7. The van der Waals surface area contributed by atoms with Crippen LogP contribution in [0.5, 0.6) is 5.75 Å². The van der Waals surface area contributed by atoms with Crippen molar-refractivity contribution in [2.75, 3.05) is 19.8 Å². The van der Waals surface area contributed by atoms with Crippen molar-refractivity contribution >= 4 is 28.7 Å². The summed E-state index contributed by atoms with van der Waals surface area (Å²) in [6.07, 6.45) is 0.947. The molecule has 0 aliphatic heterocycles. The molecule has 218 valence electrons. The highest BCUT2D eigenvalue weighted by Crippen LogP contribution is 2.43. The van der Waals surface area contributed by atoms with E-state index >= 15 is 0 Å². The molecular formula is C33H38O8. The average molecular weight is 563 g/mol. The standard InChI is InChI=1S/C33H38O8/c1-8-38-28(34)13-14-41-31-25-17-22(7)21(6)16-24(25)26(32(36)39-9-2)18-27(31)29(33(37)40-10-3)30(35)23-12-11-19(4)20(5)15-23/h11-18,29-30,35H,8-10H2,1-7H3/b14-13+/t29-,30+/m1/s1. The van der Waals surface area contributed by atoms with E-state index in [-0.39, 0.29) is 36.7 Å². The number of benzene rings is 3. The number of rotatable bonds is 11. The lowest BCUT2D eigenvalue weighted by atomic mass is 9.84. The molecule has 0 bridgehead atoms. The molecule has 0 aliphatic rings. The Morgan fingerprint density at radius 1 is 0.780 bits per heavy atom. The van der Waals surface area contributed by atoms with E-state index in [0.29, 0.717) is 16.3 Å². The maximum atomic E-state index is 13.5. The molecule has 0 fully saturated rings. The molecule has 0 radical (unpaired) electrons. The highest BCUT2D eigenvalue weighted by Gasteiger charge is 2.36. The third-order valence-corrected chi connectivity index (χ3v) is 6.97. The fraction of sp³-hybridized carbons (Fsp3) is 0.364. The van der Waals surface area contributed by atoms with E-state index in [1.54, 1.807) is 26.8 Å². The summed E-state index contributed by atoms with van der Waals surface area (Å²) < 4.78 is 21.8. The van der Waals surface area contributed by atoms with E-state index in [2.05, 4.69) is 0 Å². The van der Waals surface area contributed by atoms with Crippen LogP contribution in [0.1, 0.15) is 76.5 Å². The van der Waals surface area contributed by atoms with Crippen molar-refractivity contribution in [1.29, 1.82) is 0 Å². The summed E-state index contributed by atoms with van der Waals surface area (Å²) in [7, 11) is 0. The molecule has 0 spiro atoms. The van der Waals surface area contributed by atoms with Gasteiger partial charge in [-0.1, -0.05) is 24.3 Å². The second-order valence-corrected chi connectivity index (χ2v) is 9.74. The smallest absolute Gasteiger partial charge is 0.338 e. The third kappa shape index (κ3) is 7.13. The lowest BCUT2D eigenvalue weighted by Gasteiger charge is -2.26. The van der Waals surface area contributed by atoms with Crippen LogP contribution < -0.4 is 4.74 Å². The second-order valence-electron chi connectivity index (χ2n) is 9.74. The van der Waals surface area contributed by atoms with Gasteiger partial charge in [0, 0.05) is 16.3 Å². The molecule has 3 aromatic rings. The van der Waals surface area contributed by atoms with Gasteiger partial charge in [0.05, 0.1) is 43.8 Å². The Balaban J connectivity index is 2.39. The van der Waals surface area contributed by atoms with E-state index in [9.17, 15) is 19.5 Å². The van der Waals surface area contributed by atoms with E-state index in [1.165, 1.54) is 12.3 Å². The van der Waals surface area contributed by atoms with Gasteiger partial charge < -0.3 is 24.1 Å². The molecule has 0 aromatic heterocycles. The molecule has 0 saturated heterocycles. The number of aryl methyl sites for hydroxylation is 4. The molecule has 0 heterocycles. The summed E-state index contributed by atoms with van der Waals surface area (Å²) in [4.78, 5) is 38.8. The number of ether oxygens (including phenoxy) is 4. The highest BCUT2D eigenvalue weighted by atomic mass is 16.5. The Morgan fingerprint density at radius 2 is 1.39 bits per heavy atom. The third-order valence-electron chi connectivity index (χ3n) is 6.97. The van der Waals surface area contributed by atoms with Crippen LogP contribution in [-0.4, -0.2) is 42.8 Å². The zero-order chi connectivity index (χ0) is 30.3. The minimum Gasteiger partial charge on any atom is -0.465 e. The molecule has 3 aromatic carbocycles. The first kappa shape index (κ1) is 31.4. The van der Waals surface area contributed by atoms with Gasteiger partial charge in [-0.3, -0.25) is 4.79 Å². The molecule has 41 heavy (non-hydrogen) atoms. The molecule has 0 amide bonds. The molecular weight excluding hydrogens is 524 g/mol. The van der Waals surface area contributed by atoms with Crippen LogP contribution in [0.15, 0.2) is 48.7 Å². The Hall–Kier alpha value is -4.17. The molecule has 0 aliphatic carbocycles. The van der Waals surface area contributed by atoms with Gasteiger partial charge in [0.1, 0.15) is 11.7 Å². The summed E-state index contributed by atoms with van der Waals surface area (Å²) in [6, 6.07) is 10.6. The van der Waals surface area contributed by atoms with Crippen molar-refractivity contribution in [2.45, 2.75) is 60.5 Å². The van der Waals surface area contributed by atoms with Crippen molar-refractivity contribution < 1.29 is 38.4 Å². The number of carbonyl (C=O) groups is 3. The van der Waals surface area contributed by atoms with Gasteiger partial charge in [-0.05, 0) is 88.4 Å². The Kier molecular flexibility index (Phi) is 10.7. The maximum Gasteiger partial charge on any atom is 0.338 e. The van der Waals surface area contributed by atoms with Crippen LogP contribution in [0.4, 0.5) is 0 Å². The molecule has 3 rings (SSSR count). The maximum absolute atomic E-state index is 13.5. The summed E-state index contributed by atoms with van der Waals surface area (Å²) in [6.45, 7) is 13.2. The number of aliphatic hydroxyl groups excluding tert-OH is 1. The van der Waals surface area contributed by atoms with Crippen LogP contribution in [0.2, 0.25) is 0 Å². The van der Waals surface area contributed by atoms with E-state index in [4.69, 9.17) is 18.9 Å². The minimum absolute atomic E-state index is 0.0740. The summed E-state index contributed by atoms with van der Waals surface area (Å²) in [5.41, 5.74) is 4.73. The summed E-state index contributed by atoms with van der Waals surface area (Å²) in [5, 5.41) is 12.7. The van der Waals surface area contributed by atoms with E-state index < -0.39 is 29.9 Å². The summed E-state index contributed by atoms with van der Waals surface area (Å²) >= 11 is 0. The van der Waals surface area contributed by atoms with Crippen LogP contribution >= 0.6 is 0 Å². The monoisotopic (exact) mass is 562 g/mol. The van der Waals surface area contributed by atoms with Crippen molar-refractivity contribution in [3.63, 3.8) is 0 Å². The topological polar surface area (TPSA) is 108 Å². The SMILES string of the molecule is CCOC(=O)/C=C/Oc1c([C@@H](C(=O)OCC)[C@@H](O)c2ccc(C)c(C)c2)cc(C(=O)OCC)c2cc(C)c(C)cc12. The molecule has 1 N–H and O–H groups in total. The Morgan fingerprint density at radius 3 is 2.00 bits per heavy atom. The van der Waals surface area contributed by atoms with Gasteiger partial charge in [0.2, 0.25) is 0 Å². The first-order valence-electron chi connectivity index (χ1n) is 13.7. The second kappa shape index (κ2) is 13.9. The normalized spacial score (nSPS) is 12.7. The Bertz CT molecular complexity index is 1470. The van der Waals surface area contributed by atoms with Crippen molar-refractivity contribution in [3.8, 4) is 5.75 Å². The van der Waals surface area contributed by atoms with Crippen LogP contribution in [-0.2, 0) is 23.8 Å². The minimum atomic E-state index is -1.34. The lowest BCUT2D eigenvalue weighted by Crippen LogP contribution is -2.24. The number of fused-ring (bicyclic) bond motifs is 1. The van der Waals surface area contributed by atoms with Crippen molar-refractivity contribution in [1.82, 2.24) is 0 Å². The van der Waals surface area contributed by atoms with Gasteiger partial charge >= 0.3 is 17.9 Å². The van der Waals surface area contributed by atoms with E-state index in [1.807, 2.05) is 52.0 Å². The lowest BCUT2D eigenvalue weighted by molar-refractivity contribution is -0.148. The van der Waals surface area contributed by atoms with Gasteiger partial charge in [0.15, 0.2) is 0 Å². The average Bonchev–Trinajstić information content (AvgIpc) is 2.92. The van der Waals surface area contributed by atoms with Gasteiger partial charge in [-0.25, -0.2) is 9.59 Å². The predicted octanol–water partition coefficient (Wildman–Crippen LogP) is 6.09. The first-order valence-corrected chi connectivity index (χ1v) is 13.7. The van der Waals surface area contributed by atoms with Gasteiger partial charge in [0.25, 0.3) is 0 Å². The van der Waals surface area contributed by atoms with Crippen LogP contribution in [0.3, 0.4) is 0 Å². The Labute approximate surface area is 240 Å². The number of carbonyl (C=O) groups excluding carboxylic acids is 3. The van der Waals surface area contributed by atoms with Gasteiger partial charge in [-0.2, -0.15) is 0 Å². The molecule has 8 nitrogen and oxygen atoms in total. The number of esters is 3.